The molecule has 3 rings (SSSR count). The fourth-order valence-electron chi connectivity index (χ4n) is 2.72. The molecule has 0 saturated heterocycles. The van der Waals surface area contributed by atoms with Crippen molar-refractivity contribution >= 4 is 21.7 Å². The van der Waals surface area contributed by atoms with Crippen LogP contribution in [0.15, 0.2) is 46.9 Å². The summed E-state index contributed by atoms with van der Waals surface area (Å²) < 4.78 is 14.0. The number of fused-ring (bicyclic) bond motifs is 1. The molecule has 1 aliphatic rings. The van der Waals surface area contributed by atoms with Crippen molar-refractivity contribution in [1.82, 2.24) is 5.32 Å². The zero-order valence-corrected chi connectivity index (χ0v) is 13.0. The van der Waals surface area contributed by atoms with Gasteiger partial charge in [-0.3, -0.25) is 4.79 Å². The molecule has 21 heavy (non-hydrogen) atoms. The van der Waals surface area contributed by atoms with E-state index in [1.54, 1.807) is 6.07 Å². The molecular weight excluding hydrogens is 333 g/mol. The van der Waals surface area contributed by atoms with Crippen LogP contribution >= 0.6 is 15.9 Å². The van der Waals surface area contributed by atoms with Crippen molar-refractivity contribution in [2.45, 2.75) is 25.4 Å². The average molecular weight is 348 g/mol. The fraction of sp³-hybridized carbons (Fsp3) is 0.235. The molecule has 0 bridgehead atoms. The van der Waals surface area contributed by atoms with E-state index in [9.17, 15) is 9.18 Å². The lowest BCUT2D eigenvalue weighted by atomic mass is 9.91. The fourth-order valence-corrected chi connectivity index (χ4v) is 3.23. The molecular formula is C17H15BrFNO. The van der Waals surface area contributed by atoms with E-state index in [4.69, 9.17) is 0 Å². The summed E-state index contributed by atoms with van der Waals surface area (Å²) in [4.78, 5) is 12.4. The number of hydrogen-bond donors (Lipinski definition) is 1. The SMILES string of the molecule is O=C(Cc1cc(F)cc(Br)c1)C1Cc2ccccc2CN1. The van der Waals surface area contributed by atoms with Crippen LogP contribution in [-0.4, -0.2) is 11.8 Å². The van der Waals surface area contributed by atoms with Crippen LogP contribution in [0.2, 0.25) is 0 Å². The molecule has 4 heteroatoms. The third kappa shape index (κ3) is 3.39. The third-order valence-electron chi connectivity index (χ3n) is 3.77. The highest BCUT2D eigenvalue weighted by molar-refractivity contribution is 9.10. The van der Waals surface area contributed by atoms with Crippen molar-refractivity contribution in [1.29, 1.82) is 0 Å². The third-order valence-corrected chi connectivity index (χ3v) is 4.23. The van der Waals surface area contributed by atoms with E-state index in [-0.39, 0.29) is 24.1 Å². The van der Waals surface area contributed by atoms with Gasteiger partial charge in [-0.2, -0.15) is 0 Å². The van der Waals surface area contributed by atoms with Gasteiger partial charge < -0.3 is 5.32 Å². The second kappa shape index (κ2) is 6.08. The first kappa shape index (κ1) is 14.4. The van der Waals surface area contributed by atoms with Crippen LogP contribution in [0.3, 0.4) is 0 Å². The summed E-state index contributed by atoms with van der Waals surface area (Å²) in [7, 11) is 0. The standard InChI is InChI=1S/C17H15BrFNO/c18-14-5-11(6-15(19)9-14)7-17(21)16-8-12-3-1-2-4-13(12)10-20-16/h1-6,9,16,20H,7-8,10H2. The van der Waals surface area contributed by atoms with Crippen LogP contribution < -0.4 is 5.32 Å². The second-order valence-corrected chi connectivity index (χ2v) is 6.24. The molecule has 1 aliphatic heterocycles. The summed E-state index contributed by atoms with van der Waals surface area (Å²) in [5, 5.41) is 3.27. The van der Waals surface area contributed by atoms with Gasteiger partial charge in [-0.25, -0.2) is 4.39 Å². The number of ketones is 1. The Morgan fingerprint density at radius 3 is 2.76 bits per heavy atom. The molecule has 108 valence electrons. The monoisotopic (exact) mass is 347 g/mol. The maximum Gasteiger partial charge on any atom is 0.154 e. The highest BCUT2D eigenvalue weighted by Gasteiger charge is 2.23. The normalized spacial score (nSPS) is 17.3. The van der Waals surface area contributed by atoms with Crippen molar-refractivity contribution in [3.63, 3.8) is 0 Å². The van der Waals surface area contributed by atoms with Gasteiger partial charge in [0.25, 0.3) is 0 Å². The van der Waals surface area contributed by atoms with Gasteiger partial charge in [-0.1, -0.05) is 40.2 Å². The molecule has 1 heterocycles. The topological polar surface area (TPSA) is 29.1 Å². The molecule has 0 fully saturated rings. The summed E-state index contributed by atoms with van der Waals surface area (Å²) in [5.74, 6) is -0.226. The van der Waals surface area contributed by atoms with Gasteiger partial charge in [0.15, 0.2) is 5.78 Å². The molecule has 0 saturated carbocycles. The van der Waals surface area contributed by atoms with Gasteiger partial charge in [0, 0.05) is 17.4 Å². The lowest BCUT2D eigenvalue weighted by molar-refractivity contribution is -0.120. The summed E-state index contributed by atoms with van der Waals surface area (Å²) in [5.41, 5.74) is 3.16. The largest absolute Gasteiger partial charge is 0.303 e. The number of carbonyl (C=O) groups is 1. The number of nitrogens with one attached hydrogen (secondary N) is 1. The Hall–Kier alpha value is -1.52. The molecule has 1 atom stereocenters. The predicted octanol–water partition coefficient (Wildman–Crippen LogP) is 3.41. The summed E-state index contributed by atoms with van der Waals surface area (Å²) in [6.45, 7) is 0.708. The van der Waals surface area contributed by atoms with Gasteiger partial charge >= 0.3 is 0 Å². The van der Waals surface area contributed by atoms with Gasteiger partial charge in [-0.05, 0) is 41.3 Å². The van der Waals surface area contributed by atoms with Crippen LogP contribution in [0.1, 0.15) is 16.7 Å². The Morgan fingerprint density at radius 1 is 1.24 bits per heavy atom. The highest BCUT2D eigenvalue weighted by atomic mass is 79.9. The smallest absolute Gasteiger partial charge is 0.154 e. The molecule has 0 aliphatic carbocycles. The van der Waals surface area contributed by atoms with E-state index >= 15 is 0 Å². The molecule has 2 aromatic carbocycles. The summed E-state index contributed by atoms with van der Waals surface area (Å²) in [6.07, 6.45) is 0.946. The molecule has 2 aromatic rings. The van der Waals surface area contributed by atoms with Gasteiger partial charge in [0.2, 0.25) is 0 Å². The van der Waals surface area contributed by atoms with Gasteiger partial charge in [-0.15, -0.1) is 0 Å². The Bertz CT molecular complexity index is 666. The van der Waals surface area contributed by atoms with Gasteiger partial charge in [0.1, 0.15) is 5.82 Å². The minimum atomic E-state index is -0.325. The minimum Gasteiger partial charge on any atom is -0.303 e. The lowest BCUT2D eigenvalue weighted by Gasteiger charge is -2.25. The average Bonchev–Trinajstić information content (AvgIpc) is 2.45. The zero-order chi connectivity index (χ0) is 14.8. The van der Waals surface area contributed by atoms with Gasteiger partial charge in [0.05, 0.1) is 6.04 Å². The second-order valence-electron chi connectivity index (χ2n) is 5.33. The predicted molar refractivity (Wildman–Crippen MR) is 83.6 cm³/mol. The maximum atomic E-state index is 13.4. The van der Waals surface area contributed by atoms with Crippen molar-refractivity contribution in [3.05, 3.63) is 69.4 Å². The first-order chi connectivity index (χ1) is 10.1. The van der Waals surface area contributed by atoms with Crippen LogP contribution in [0.25, 0.3) is 0 Å². The van der Waals surface area contributed by atoms with Crippen molar-refractivity contribution in [2.24, 2.45) is 0 Å². The number of halogens is 2. The van der Waals surface area contributed by atoms with E-state index in [0.29, 0.717) is 23.0 Å². The molecule has 1 unspecified atom stereocenters. The number of Topliss-reactive ketones (excluding diaryl/α,β-unsaturated/α-hetero) is 1. The van der Waals surface area contributed by atoms with E-state index < -0.39 is 0 Å². The Kier molecular flexibility index (Phi) is 4.17. The van der Waals surface area contributed by atoms with Crippen LogP contribution in [-0.2, 0) is 24.2 Å². The highest BCUT2D eigenvalue weighted by Crippen LogP contribution is 2.19. The minimum absolute atomic E-state index is 0.0991. The van der Waals surface area contributed by atoms with E-state index in [1.165, 1.54) is 23.3 Å². The molecule has 0 aromatic heterocycles. The Balaban J connectivity index is 1.72. The molecule has 0 amide bonds. The quantitative estimate of drug-likeness (QED) is 0.921. The Labute approximate surface area is 131 Å². The molecule has 1 N–H and O–H groups in total. The van der Waals surface area contributed by atoms with Crippen LogP contribution in [0, 0.1) is 5.82 Å². The number of carbonyl (C=O) groups excluding carboxylic acids is 1. The first-order valence-corrected chi connectivity index (χ1v) is 7.69. The number of benzene rings is 2. The summed E-state index contributed by atoms with van der Waals surface area (Å²) in [6, 6.07) is 12.5. The van der Waals surface area contributed by atoms with Crippen LogP contribution in [0.4, 0.5) is 4.39 Å². The first-order valence-electron chi connectivity index (χ1n) is 6.89. The van der Waals surface area contributed by atoms with E-state index in [1.807, 2.05) is 12.1 Å². The Morgan fingerprint density at radius 2 is 2.00 bits per heavy atom. The van der Waals surface area contributed by atoms with E-state index in [2.05, 4.69) is 33.4 Å². The summed E-state index contributed by atoms with van der Waals surface area (Å²) >= 11 is 3.25. The van der Waals surface area contributed by atoms with Crippen LogP contribution in [0.5, 0.6) is 0 Å². The van der Waals surface area contributed by atoms with Crippen molar-refractivity contribution < 1.29 is 9.18 Å². The van der Waals surface area contributed by atoms with Crippen molar-refractivity contribution in [3.8, 4) is 0 Å². The van der Waals surface area contributed by atoms with E-state index in [0.717, 1.165) is 0 Å². The molecule has 0 radical (unpaired) electrons. The zero-order valence-electron chi connectivity index (χ0n) is 11.4. The molecule has 0 spiro atoms. The molecule has 2 nitrogen and oxygen atoms in total. The van der Waals surface area contributed by atoms with Crippen molar-refractivity contribution in [2.75, 3.05) is 0 Å². The number of hydrogen-bond acceptors (Lipinski definition) is 2. The number of rotatable bonds is 3. The maximum absolute atomic E-state index is 13.4. The lowest BCUT2D eigenvalue weighted by Crippen LogP contribution is -2.42.